The Bertz CT molecular complexity index is 1430. The number of ether oxygens (including phenoxy) is 4. The van der Waals surface area contributed by atoms with Crippen LogP contribution in [-0.4, -0.2) is 81.2 Å². The van der Waals surface area contributed by atoms with Gasteiger partial charge in [0.05, 0.1) is 56.4 Å². The Morgan fingerprint density at radius 3 is 2.42 bits per heavy atom. The second-order valence-corrected chi connectivity index (χ2v) is 10.0. The monoisotopic (exact) mass is 555 g/mol. The fraction of sp³-hybridized carbons (Fsp3) is 0.393. The summed E-state index contributed by atoms with van der Waals surface area (Å²) in [4.78, 5) is 23.1. The lowest BCUT2D eigenvalue weighted by Gasteiger charge is -2.47. The number of amides is 1. The highest BCUT2D eigenvalue weighted by Crippen LogP contribution is 2.41. The Balaban J connectivity index is 1.58. The van der Waals surface area contributed by atoms with Gasteiger partial charge in [-0.15, -0.1) is 0 Å². The predicted octanol–water partition coefficient (Wildman–Crippen LogP) is 3.30. The maximum absolute atomic E-state index is 15.4. The molecule has 1 aromatic carbocycles. The van der Waals surface area contributed by atoms with Crippen LogP contribution < -0.4 is 25.0 Å². The van der Waals surface area contributed by atoms with Crippen molar-refractivity contribution in [2.45, 2.75) is 24.6 Å². The van der Waals surface area contributed by atoms with Gasteiger partial charge in [-0.25, -0.2) is 18.7 Å². The van der Waals surface area contributed by atoms with E-state index >= 15 is 8.78 Å². The van der Waals surface area contributed by atoms with E-state index in [1.165, 1.54) is 20.3 Å². The maximum Gasteiger partial charge on any atom is 0.243 e. The smallest absolute Gasteiger partial charge is 0.243 e. The molecule has 0 bridgehead atoms. The molecule has 0 unspecified atom stereocenters. The number of anilines is 2. The molecule has 0 spiro atoms. The number of methoxy groups -OCH3 is 3. The van der Waals surface area contributed by atoms with Gasteiger partial charge >= 0.3 is 0 Å². The minimum Gasteiger partial charge on any atom is -0.494 e. The number of fused-ring (bicyclic) bond motifs is 1. The second kappa shape index (κ2) is 10.9. The van der Waals surface area contributed by atoms with Gasteiger partial charge in [-0.05, 0) is 25.1 Å². The van der Waals surface area contributed by atoms with Crippen molar-refractivity contribution in [3.63, 3.8) is 0 Å². The maximum atomic E-state index is 15.4. The van der Waals surface area contributed by atoms with Crippen molar-refractivity contribution in [1.82, 2.24) is 15.3 Å². The zero-order valence-electron chi connectivity index (χ0n) is 22.7. The second-order valence-electron chi connectivity index (χ2n) is 10.0. The van der Waals surface area contributed by atoms with Crippen molar-refractivity contribution in [1.29, 1.82) is 0 Å². The fourth-order valence-electron chi connectivity index (χ4n) is 5.00. The molecule has 40 heavy (non-hydrogen) atoms. The van der Waals surface area contributed by atoms with E-state index in [9.17, 15) is 4.79 Å². The fourth-order valence-corrected chi connectivity index (χ4v) is 5.00. The Kier molecular flexibility index (Phi) is 7.47. The quantitative estimate of drug-likeness (QED) is 0.385. The van der Waals surface area contributed by atoms with Gasteiger partial charge in [0.25, 0.3) is 0 Å². The van der Waals surface area contributed by atoms with E-state index in [1.54, 1.807) is 19.4 Å². The largest absolute Gasteiger partial charge is 0.494 e. The Labute approximate surface area is 230 Å². The number of nitrogens with zero attached hydrogens (tertiary/aromatic N) is 3. The summed E-state index contributed by atoms with van der Waals surface area (Å²) in [7, 11) is 4.24. The molecule has 2 aliphatic heterocycles. The zero-order valence-corrected chi connectivity index (χ0v) is 22.7. The number of hydrogen-bond donors (Lipinski definition) is 2. The van der Waals surface area contributed by atoms with E-state index < -0.39 is 11.6 Å². The van der Waals surface area contributed by atoms with Crippen LogP contribution in [-0.2, 0) is 14.3 Å². The first kappa shape index (κ1) is 27.5. The number of benzene rings is 1. The van der Waals surface area contributed by atoms with E-state index in [1.807, 2.05) is 17.9 Å². The van der Waals surface area contributed by atoms with Crippen molar-refractivity contribution < 1.29 is 32.5 Å². The molecule has 2 fully saturated rings. The lowest BCUT2D eigenvalue weighted by molar-refractivity contribution is -0.117. The Hall–Kier alpha value is -4.03. The molecule has 3 aromatic rings. The van der Waals surface area contributed by atoms with Crippen molar-refractivity contribution in [3.8, 4) is 22.8 Å². The molecule has 2 atom stereocenters. The predicted molar refractivity (Wildman–Crippen MR) is 146 cm³/mol. The van der Waals surface area contributed by atoms with Gasteiger partial charge in [0.15, 0.2) is 23.1 Å². The minimum atomic E-state index is -0.885. The SMILES string of the molecule is C=CC(=O)N[C@H]1COC[C@H]1Nc1cc2c(N3CC(C)(OC)C3)nc(-c3c(F)c(OC)cc(OC)c3F)cc2cn1. The van der Waals surface area contributed by atoms with Gasteiger partial charge in [0.1, 0.15) is 11.6 Å². The summed E-state index contributed by atoms with van der Waals surface area (Å²) >= 11 is 0. The number of nitrogens with one attached hydrogen (secondary N) is 2. The van der Waals surface area contributed by atoms with Crippen molar-refractivity contribution in [2.75, 3.05) is 57.8 Å². The van der Waals surface area contributed by atoms with Gasteiger partial charge in [0.2, 0.25) is 5.91 Å². The van der Waals surface area contributed by atoms with Gasteiger partial charge in [-0.1, -0.05) is 6.58 Å². The Morgan fingerprint density at radius 2 is 1.80 bits per heavy atom. The molecule has 12 heteroatoms. The molecular formula is C28H31F2N5O5. The van der Waals surface area contributed by atoms with Crippen molar-refractivity contribution in [2.24, 2.45) is 0 Å². The highest BCUT2D eigenvalue weighted by atomic mass is 19.1. The summed E-state index contributed by atoms with van der Waals surface area (Å²) in [6.45, 7) is 7.26. The molecule has 2 N–H and O–H groups in total. The molecule has 2 saturated heterocycles. The standard InChI is InChI=1S/C28H31F2N5O5/c1-6-23(36)33-19-12-40-11-18(19)32-22-8-16-15(10-31-22)7-17(34-27(16)35-13-28(2,14-35)39-5)24-25(29)20(37-3)9-21(38-4)26(24)30/h6-10,18-19H,1,11-14H2,2-5H3,(H,31,32)(H,33,36)/t18-,19+/m1/s1. The number of carbonyl (C=O) groups is 1. The highest BCUT2D eigenvalue weighted by molar-refractivity contribution is 5.96. The summed E-state index contributed by atoms with van der Waals surface area (Å²) in [5, 5.41) is 7.53. The Morgan fingerprint density at radius 1 is 1.12 bits per heavy atom. The number of pyridine rings is 2. The molecule has 10 nitrogen and oxygen atoms in total. The van der Waals surface area contributed by atoms with Gasteiger partial charge in [0, 0.05) is 43.2 Å². The topological polar surface area (TPSA) is 107 Å². The van der Waals surface area contributed by atoms with Gasteiger partial charge in [-0.2, -0.15) is 0 Å². The average Bonchev–Trinajstić information content (AvgIpc) is 3.37. The number of halogens is 2. The van der Waals surface area contributed by atoms with E-state index in [2.05, 4.69) is 22.2 Å². The third kappa shape index (κ3) is 5.00. The molecule has 2 aromatic heterocycles. The number of carbonyl (C=O) groups excluding carboxylic acids is 1. The molecule has 2 aliphatic rings. The molecule has 0 radical (unpaired) electrons. The van der Waals surface area contributed by atoms with Crippen LogP contribution >= 0.6 is 0 Å². The molecule has 1 amide bonds. The van der Waals surface area contributed by atoms with Crippen LogP contribution in [0.2, 0.25) is 0 Å². The van der Waals surface area contributed by atoms with E-state index in [4.69, 9.17) is 23.9 Å². The third-order valence-corrected chi connectivity index (χ3v) is 7.29. The molecule has 0 saturated carbocycles. The van der Waals surface area contributed by atoms with E-state index in [0.29, 0.717) is 43.3 Å². The number of rotatable bonds is 9. The van der Waals surface area contributed by atoms with Crippen LogP contribution in [0.3, 0.4) is 0 Å². The summed E-state index contributed by atoms with van der Waals surface area (Å²) in [5.41, 5.74) is -0.675. The number of hydrogen-bond acceptors (Lipinski definition) is 9. The van der Waals surface area contributed by atoms with Crippen molar-refractivity contribution in [3.05, 3.63) is 48.7 Å². The molecular weight excluding hydrogens is 524 g/mol. The van der Waals surface area contributed by atoms with E-state index in [-0.39, 0.29) is 46.3 Å². The van der Waals surface area contributed by atoms with E-state index in [0.717, 1.165) is 11.5 Å². The van der Waals surface area contributed by atoms with Crippen LogP contribution in [0, 0.1) is 11.6 Å². The zero-order chi connectivity index (χ0) is 28.6. The summed E-state index contributed by atoms with van der Waals surface area (Å²) in [6.07, 6.45) is 2.83. The lowest BCUT2D eigenvalue weighted by Crippen LogP contribution is -2.61. The van der Waals surface area contributed by atoms with Crippen LogP contribution in [0.5, 0.6) is 11.5 Å². The summed E-state index contributed by atoms with van der Waals surface area (Å²) in [5.74, 6) is -1.34. The first-order chi connectivity index (χ1) is 19.2. The average molecular weight is 556 g/mol. The van der Waals surface area contributed by atoms with Gasteiger partial charge < -0.3 is 34.5 Å². The first-order valence-electron chi connectivity index (χ1n) is 12.7. The summed E-state index contributed by atoms with van der Waals surface area (Å²) < 4.78 is 52.3. The molecule has 5 rings (SSSR count). The molecule has 212 valence electrons. The summed E-state index contributed by atoms with van der Waals surface area (Å²) in [6, 6.07) is 4.07. The van der Waals surface area contributed by atoms with Crippen LogP contribution in [0.25, 0.3) is 22.0 Å². The lowest BCUT2D eigenvalue weighted by atomic mass is 9.95. The van der Waals surface area contributed by atoms with Crippen LogP contribution in [0.15, 0.2) is 37.1 Å². The highest BCUT2D eigenvalue weighted by Gasteiger charge is 2.40. The number of aromatic nitrogens is 2. The normalized spacial score (nSPS) is 19.7. The molecule has 4 heterocycles. The van der Waals surface area contributed by atoms with Crippen LogP contribution in [0.1, 0.15) is 6.92 Å². The third-order valence-electron chi connectivity index (χ3n) is 7.29. The first-order valence-corrected chi connectivity index (χ1v) is 12.7. The minimum absolute atomic E-state index is 0.0691. The van der Waals surface area contributed by atoms with Crippen LogP contribution in [0.4, 0.5) is 20.4 Å². The van der Waals surface area contributed by atoms with Gasteiger partial charge in [-0.3, -0.25) is 4.79 Å². The van der Waals surface area contributed by atoms with Crippen molar-refractivity contribution >= 4 is 28.3 Å². The molecule has 0 aliphatic carbocycles.